The molecule has 1 spiro atoms. The number of methoxy groups -OCH3 is 1. The first-order valence-corrected chi connectivity index (χ1v) is 14.8. The number of carbonyl (C=O) groups is 2. The van der Waals surface area contributed by atoms with Gasteiger partial charge < -0.3 is 9.64 Å². The molecule has 2 fully saturated rings. The number of amides is 1. The van der Waals surface area contributed by atoms with Crippen LogP contribution in [0.25, 0.3) is 0 Å². The molecule has 0 bridgehead atoms. The third-order valence-corrected chi connectivity index (χ3v) is 9.66. The number of sulfonamides is 1. The maximum atomic E-state index is 13.5. The quantitative estimate of drug-likeness (QED) is 0.506. The molecule has 2 aliphatic heterocycles. The maximum absolute atomic E-state index is 13.5. The molecular weight excluding hydrogens is 512 g/mol. The fourth-order valence-corrected chi connectivity index (χ4v) is 7.17. The Kier molecular flexibility index (Phi) is 8.23. The second-order valence-corrected chi connectivity index (χ2v) is 12.0. The predicted octanol–water partition coefficient (Wildman–Crippen LogP) is 2.58. The van der Waals surface area contributed by atoms with Gasteiger partial charge in [-0.05, 0) is 55.0 Å². The van der Waals surface area contributed by atoms with E-state index in [0.717, 1.165) is 11.3 Å². The zero-order valence-electron chi connectivity index (χ0n) is 20.8. The molecule has 2 heterocycles. The third-order valence-electron chi connectivity index (χ3n) is 7.06. The van der Waals surface area contributed by atoms with Crippen LogP contribution in [-0.2, 0) is 26.1 Å². The molecule has 1 unspecified atom stereocenters. The normalized spacial score (nSPS) is 19.6. The van der Waals surface area contributed by atoms with Gasteiger partial charge in [0.05, 0.1) is 40.9 Å². The Bertz CT molecular complexity index is 1320. The van der Waals surface area contributed by atoms with E-state index in [1.807, 2.05) is 18.4 Å². The number of rotatable bonds is 8. The Labute approximate surface area is 221 Å². The van der Waals surface area contributed by atoms with E-state index in [-0.39, 0.29) is 42.0 Å². The Morgan fingerprint density at radius 2 is 1.86 bits per heavy atom. The summed E-state index contributed by atoms with van der Waals surface area (Å²) in [6, 6.07) is 15.1. The molecule has 11 heteroatoms. The lowest BCUT2D eigenvalue weighted by Crippen LogP contribution is -2.59. The molecule has 0 aliphatic carbocycles. The zero-order chi connectivity index (χ0) is 26.6. The SMILES string of the molecule is COC(=O)c1ccccc1S(=O)(=O)N1CCC2(CC1)NC(CCSC)C(=O)N2Cc1ccccc1C#N. The van der Waals surface area contributed by atoms with Crippen molar-refractivity contribution in [3.8, 4) is 6.07 Å². The van der Waals surface area contributed by atoms with Gasteiger partial charge in [0.2, 0.25) is 15.9 Å². The van der Waals surface area contributed by atoms with Gasteiger partial charge >= 0.3 is 5.97 Å². The molecule has 0 radical (unpaired) electrons. The minimum Gasteiger partial charge on any atom is -0.465 e. The van der Waals surface area contributed by atoms with Gasteiger partial charge in [0.25, 0.3) is 0 Å². The Morgan fingerprint density at radius 1 is 1.19 bits per heavy atom. The largest absolute Gasteiger partial charge is 0.465 e. The summed E-state index contributed by atoms with van der Waals surface area (Å²) in [5.41, 5.74) is 0.534. The molecule has 2 aliphatic rings. The fourth-order valence-electron chi connectivity index (χ4n) is 5.08. The van der Waals surface area contributed by atoms with Crippen molar-refractivity contribution < 1.29 is 22.7 Å². The first-order chi connectivity index (χ1) is 17.8. The van der Waals surface area contributed by atoms with Crippen molar-refractivity contribution in [2.45, 2.75) is 42.4 Å². The first kappa shape index (κ1) is 27.1. The minimum atomic E-state index is -3.97. The second-order valence-electron chi connectivity index (χ2n) is 9.10. The predicted molar refractivity (Wildman–Crippen MR) is 140 cm³/mol. The van der Waals surface area contributed by atoms with Crippen molar-refractivity contribution in [2.24, 2.45) is 0 Å². The van der Waals surface area contributed by atoms with Gasteiger partial charge in [-0.3, -0.25) is 10.1 Å². The maximum Gasteiger partial charge on any atom is 0.339 e. The molecule has 0 saturated carbocycles. The summed E-state index contributed by atoms with van der Waals surface area (Å²) in [6.07, 6.45) is 3.41. The van der Waals surface area contributed by atoms with Crippen LogP contribution < -0.4 is 5.32 Å². The van der Waals surface area contributed by atoms with E-state index in [1.165, 1.54) is 23.5 Å². The number of nitrogens with zero attached hydrogens (tertiary/aromatic N) is 3. The molecule has 1 atom stereocenters. The first-order valence-electron chi connectivity index (χ1n) is 12.0. The number of ether oxygens (including phenoxy) is 1. The second kappa shape index (κ2) is 11.2. The number of esters is 1. The van der Waals surface area contributed by atoms with Gasteiger partial charge in [0, 0.05) is 19.6 Å². The lowest BCUT2D eigenvalue weighted by Gasteiger charge is -2.44. The van der Waals surface area contributed by atoms with Crippen LogP contribution in [0.15, 0.2) is 53.4 Å². The van der Waals surface area contributed by atoms with E-state index in [9.17, 15) is 23.3 Å². The highest BCUT2D eigenvalue weighted by Crippen LogP contribution is 2.37. The third kappa shape index (κ3) is 5.25. The highest BCUT2D eigenvalue weighted by molar-refractivity contribution is 7.98. The smallest absolute Gasteiger partial charge is 0.339 e. The van der Waals surface area contributed by atoms with E-state index < -0.39 is 21.7 Å². The molecule has 37 heavy (non-hydrogen) atoms. The number of thioether (sulfide) groups is 1. The van der Waals surface area contributed by atoms with Gasteiger partial charge in [0.15, 0.2) is 0 Å². The molecule has 0 aromatic heterocycles. The summed E-state index contributed by atoms with van der Waals surface area (Å²) in [5, 5.41) is 13.1. The number of nitrogens with one attached hydrogen (secondary N) is 1. The summed E-state index contributed by atoms with van der Waals surface area (Å²) in [6.45, 7) is 0.608. The van der Waals surface area contributed by atoms with E-state index in [1.54, 1.807) is 40.9 Å². The van der Waals surface area contributed by atoms with Crippen molar-refractivity contribution >= 4 is 33.7 Å². The number of benzene rings is 2. The fraction of sp³-hybridized carbons (Fsp3) is 0.423. The number of hydrogen-bond donors (Lipinski definition) is 1. The van der Waals surface area contributed by atoms with Crippen LogP contribution in [0.1, 0.15) is 40.7 Å². The Hall–Kier alpha value is -2.91. The highest BCUT2D eigenvalue weighted by atomic mass is 32.2. The zero-order valence-corrected chi connectivity index (χ0v) is 22.5. The molecule has 1 N–H and O–H groups in total. The van der Waals surface area contributed by atoms with Crippen LogP contribution in [0, 0.1) is 11.3 Å². The van der Waals surface area contributed by atoms with E-state index in [4.69, 9.17) is 4.74 Å². The molecule has 2 saturated heterocycles. The van der Waals surface area contributed by atoms with Gasteiger partial charge in [-0.25, -0.2) is 13.2 Å². The van der Waals surface area contributed by atoms with Crippen LogP contribution in [0.5, 0.6) is 0 Å². The number of piperidine rings is 1. The Balaban J connectivity index is 1.61. The molecule has 196 valence electrons. The monoisotopic (exact) mass is 542 g/mol. The number of nitriles is 1. The van der Waals surface area contributed by atoms with Gasteiger partial charge in [-0.2, -0.15) is 21.3 Å². The summed E-state index contributed by atoms with van der Waals surface area (Å²) in [7, 11) is -2.75. The van der Waals surface area contributed by atoms with Gasteiger partial charge in [-0.15, -0.1) is 0 Å². The molecule has 2 aromatic rings. The van der Waals surface area contributed by atoms with Crippen LogP contribution in [0.2, 0.25) is 0 Å². The lowest BCUT2D eigenvalue weighted by molar-refractivity contribution is -0.134. The van der Waals surface area contributed by atoms with E-state index in [2.05, 4.69) is 11.4 Å². The van der Waals surface area contributed by atoms with Crippen molar-refractivity contribution in [3.05, 3.63) is 65.2 Å². The highest BCUT2D eigenvalue weighted by Gasteiger charge is 2.52. The van der Waals surface area contributed by atoms with Gasteiger partial charge in [-0.1, -0.05) is 30.3 Å². The molecule has 2 aromatic carbocycles. The summed E-state index contributed by atoms with van der Waals surface area (Å²) in [5.74, 6) is 0.0660. The topological polar surface area (TPSA) is 120 Å². The average Bonchev–Trinajstić information content (AvgIpc) is 3.17. The summed E-state index contributed by atoms with van der Waals surface area (Å²) in [4.78, 5) is 27.4. The molecule has 1 amide bonds. The average molecular weight is 543 g/mol. The van der Waals surface area contributed by atoms with Crippen LogP contribution >= 0.6 is 11.8 Å². The Morgan fingerprint density at radius 3 is 2.54 bits per heavy atom. The van der Waals surface area contributed by atoms with Crippen LogP contribution in [0.3, 0.4) is 0 Å². The van der Waals surface area contributed by atoms with Crippen molar-refractivity contribution in [2.75, 3.05) is 32.2 Å². The van der Waals surface area contributed by atoms with Crippen LogP contribution in [-0.4, -0.2) is 73.4 Å². The van der Waals surface area contributed by atoms with E-state index in [0.29, 0.717) is 24.8 Å². The number of hydrogen-bond acceptors (Lipinski definition) is 8. The minimum absolute atomic E-state index is 0.00803. The van der Waals surface area contributed by atoms with Crippen molar-refractivity contribution in [3.63, 3.8) is 0 Å². The van der Waals surface area contributed by atoms with E-state index >= 15 is 0 Å². The molecule has 4 rings (SSSR count). The molecule has 9 nitrogen and oxygen atoms in total. The number of carbonyl (C=O) groups excluding carboxylic acids is 2. The van der Waals surface area contributed by atoms with Crippen molar-refractivity contribution in [1.29, 1.82) is 5.26 Å². The van der Waals surface area contributed by atoms with Crippen molar-refractivity contribution in [1.82, 2.24) is 14.5 Å². The van der Waals surface area contributed by atoms with Crippen LogP contribution in [0.4, 0.5) is 0 Å². The molecular formula is C26H30N4O5S2. The summed E-state index contributed by atoms with van der Waals surface area (Å²) < 4.78 is 33.2. The lowest BCUT2D eigenvalue weighted by atomic mass is 9.96. The van der Waals surface area contributed by atoms with Gasteiger partial charge in [0.1, 0.15) is 0 Å². The standard InChI is InChI=1S/C26H30N4O5S2/c1-35-25(32)21-9-5-6-10-23(21)37(33,34)29-14-12-26(13-15-29)28-22(11-16-36-2)24(31)30(26)18-20-8-4-3-7-19(20)17-27/h3-10,22,28H,11-16,18H2,1-2H3. The summed E-state index contributed by atoms with van der Waals surface area (Å²) >= 11 is 1.66.